The topological polar surface area (TPSA) is 84.9 Å². The van der Waals surface area contributed by atoms with E-state index in [9.17, 15) is 14.7 Å². The number of hydrogen-bond donors (Lipinski definition) is 2. The Labute approximate surface area is 145 Å². The number of aliphatic carboxylic acids is 1. The van der Waals surface area contributed by atoms with Crippen molar-refractivity contribution in [2.24, 2.45) is 0 Å². The Kier molecular flexibility index (Phi) is 8.70. The van der Waals surface area contributed by atoms with Crippen LogP contribution in [0.15, 0.2) is 0 Å². The van der Waals surface area contributed by atoms with Gasteiger partial charge in [0.05, 0.1) is 11.7 Å². The van der Waals surface area contributed by atoms with Gasteiger partial charge in [-0.25, -0.2) is 4.79 Å². The summed E-state index contributed by atoms with van der Waals surface area (Å²) in [6.45, 7) is 7.68. The van der Waals surface area contributed by atoms with Gasteiger partial charge in [-0.2, -0.15) is 0 Å². The van der Waals surface area contributed by atoms with E-state index < -0.39 is 18.1 Å². The molecule has 1 rings (SSSR count). The zero-order valence-corrected chi connectivity index (χ0v) is 15.5. The van der Waals surface area contributed by atoms with Crippen molar-refractivity contribution in [2.45, 2.75) is 96.5 Å². The van der Waals surface area contributed by atoms with Gasteiger partial charge in [0.2, 0.25) is 5.91 Å². The molecular weight excluding hydrogens is 310 g/mol. The molecule has 6 heteroatoms. The summed E-state index contributed by atoms with van der Waals surface area (Å²) in [5.41, 5.74) is -0.330. The summed E-state index contributed by atoms with van der Waals surface area (Å²) in [7, 11) is 0. The Morgan fingerprint density at radius 3 is 2.25 bits per heavy atom. The highest BCUT2D eigenvalue weighted by Gasteiger charge is 2.26. The largest absolute Gasteiger partial charge is 0.480 e. The monoisotopic (exact) mass is 343 g/mol. The molecule has 0 heterocycles. The molecule has 2 N–H and O–H groups in total. The maximum atomic E-state index is 12.2. The van der Waals surface area contributed by atoms with Gasteiger partial charge in [0.25, 0.3) is 0 Å². The SMILES string of the molecule is CC(OC1CCCCCC1)C(=O)NC(CCOC(C)(C)C)C(=O)O. The quantitative estimate of drug-likeness (QED) is 0.662. The number of carbonyl (C=O) groups excluding carboxylic acids is 1. The molecule has 0 aromatic carbocycles. The molecule has 0 spiro atoms. The Balaban J connectivity index is 2.43. The lowest BCUT2D eigenvalue weighted by atomic mass is 10.1. The minimum Gasteiger partial charge on any atom is -0.480 e. The standard InChI is InChI=1S/C18H33NO5/c1-13(24-14-9-7-5-6-8-10-14)16(20)19-15(17(21)22)11-12-23-18(2,3)4/h13-15H,5-12H2,1-4H3,(H,19,20)(H,21,22). The number of nitrogens with one attached hydrogen (secondary N) is 1. The molecule has 1 fully saturated rings. The van der Waals surface area contributed by atoms with Crippen LogP contribution in [0.3, 0.4) is 0 Å². The van der Waals surface area contributed by atoms with Crippen LogP contribution in [0.4, 0.5) is 0 Å². The molecule has 1 aliphatic rings. The molecule has 0 aliphatic heterocycles. The van der Waals surface area contributed by atoms with E-state index in [0.717, 1.165) is 25.7 Å². The molecule has 140 valence electrons. The Morgan fingerprint density at radius 1 is 1.17 bits per heavy atom. The molecule has 6 nitrogen and oxygen atoms in total. The summed E-state index contributed by atoms with van der Waals surface area (Å²) in [4.78, 5) is 23.6. The smallest absolute Gasteiger partial charge is 0.326 e. The van der Waals surface area contributed by atoms with Gasteiger partial charge < -0.3 is 19.9 Å². The summed E-state index contributed by atoms with van der Waals surface area (Å²) < 4.78 is 11.4. The third-order valence-electron chi connectivity index (χ3n) is 4.12. The predicted octanol–water partition coefficient (Wildman–Crippen LogP) is 2.89. The number of amides is 1. The first kappa shape index (κ1) is 20.9. The number of hydrogen-bond acceptors (Lipinski definition) is 4. The van der Waals surface area contributed by atoms with Crippen LogP contribution in [0, 0.1) is 0 Å². The van der Waals surface area contributed by atoms with Gasteiger partial charge >= 0.3 is 5.97 Å². The van der Waals surface area contributed by atoms with Gasteiger partial charge in [0, 0.05) is 13.0 Å². The fourth-order valence-corrected chi connectivity index (χ4v) is 2.76. The first-order valence-corrected chi connectivity index (χ1v) is 9.01. The Hall–Kier alpha value is -1.14. The Bertz CT molecular complexity index is 397. The lowest BCUT2D eigenvalue weighted by molar-refractivity contribution is -0.146. The van der Waals surface area contributed by atoms with Crippen molar-refractivity contribution in [1.82, 2.24) is 5.32 Å². The van der Waals surface area contributed by atoms with Crippen LogP contribution in [-0.2, 0) is 19.1 Å². The predicted molar refractivity (Wildman–Crippen MR) is 91.9 cm³/mol. The molecule has 1 aliphatic carbocycles. The second-order valence-corrected chi connectivity index (χ2v) is 7.54. The minimum absolute atomic E-state index is 0.0979. The number of carboxylic acid groups (broad SMARTS) is 1. The van der Waals surface area contributed by atoms with Gasteiger partial charge in [-0.15, -0.1) is 0 Å². The van der Waals surface area contributed by atoms with Gasteiger partial charge in [-0.1, -0.05) is 25.7 Å². The highest BCUT2D eigenvalue weighted by molar-refractivity contribution is 5.86. The lowest BCUT2D eigenvalue weighted by Gasteiger charge is -2.24. The van der Waals surface area contributed by atoms with Crippen LogP contribution >= 0.6 is 0 Å². The van der Waals surface area contributed by atoms with Crippen molar-refractivity contribution in [3.8, 4) is 0 Å². The highest BCUT2D eigenvalue weighted by Crippen LogP contribution is 2.21. The molecule has 2 unspecified atom stereocenters. The maximum Gasteiger partial charge on any atom is 0.326 e. The normalized spacial score (nSPS) is 19.3. The van der Waals surface area contributed by atoms with Crippen molar-refractivity contribution in [2.75, 3.05) is 6.61 Å². The Morgan fingerprint density at radius 2 is 1.75 bits per heavy atom. The molecule has 2 atom stereocenters. The molecular formula is C18H33NO5. The van der Waals surface area contributed by atoms with Crippen molar-refractivity contribution in [3.63, 3.8) is 0 Å². The van der Waals surface area contributed by atoms with Crippen LogP contribution in [0.2, 0.25) is 0 Å². The van der Waals surface area contributed by atoms with Crippen molar-refractivity contribution in [1.29, 1.82) is 0 Å². The maximum absolute atomic E-state index is 12.2. The summed E-state index contributed by atoms with van der Waals surface area (Å²) in [6, 6.07) is -0.958. The third-order valence-corrected chi connectivity index (χ3v) is 4.12. The molecule has 0 radical (unpaired) electrons. The fraction of sp³-hybridized carbons (Fsp3) is 0.889. The van der Waals surface area contributed by atoms with Crippen LogP contribution in [-0.4, -0.2) is 47.4 Å². The average Bonchev–Trinajstić information content (AvgIpc) is 2.73. The minimum atomic E-state index is -1.05. The van der Waals surface area contributed by atoms with Crippen molar-refractivity contribution >= 4 is 11.9 Å². The van der Waals surface area contributed by atoms with Crippen LogP contribution < -0.4 is 5.32 Å². The van der Waals surface area contributed by atoms with Gasteiger partial charge in [-0.05, 0) is 40.5 Å². The van der Waals surface area contributed by atoms with E-state index >= 15 is 0 Å². The van der Waals surface area contributed by atoms with Crippen LogP contribution in [0.5, 0.6) is 0 Å². The fourth-order valence-electron chi connectivity index (χ4n) is 2.76. The van der Waals surface area contributed by atoms with Crippen LogP contribution in [0.1, 0.15) is 72.6 Å². The summed E-state index contributed by atoms with van der Waals surface area (Å²) in [5, 5.41) is 11.8. The summed E-state index contributed by atoms with van der Waals surface area (Å²) in [5.74, 6) is -1.43. The number of carbonyl (C=O) groups is 2. The van der Waals surface area contributed by atoms with E-state index in [4.69, 9.17) is 9.47 Å². The molecule has 0 saturated heterocycles. The van der Waals surface area contributed by atoms with E-state index in [2.05, 4.69) is 5.32 Å². The first-order valence-electron chi connectivity index (χ1n) is 9.01. The third kappa shape index (κ3) is 8.64. The van der Waals surface area contributed by atoms with E-state index in [1.54, 1.807) is 6.92 Å². The van der Waals surface area contributed by atoms with Gasteiger partial charge in [0.1, 0.15) is 12.1 Å². The number of rotatable bonds is 8. The number of carboxylic acids is 1. The van der Waals surface area contributed by atoms with E-state index in [-0.39, 0.29) is 30.6 Å². The molecule has 0 bridgehead atoms. The van der Waals surface area contributed by atoms with Gasteiger partial charge in [-0.3, -0.25) is 4.79 Å². The average molecular weight is 343 g/mol. The zero-order chi connectivity index (χ0) is 18.2. The number of ether oxygens (including phenoxy) is 2. The molecule has 1 amide bonds. The van der Waals surface area contributed by atoms with Gasteiger partial charge in [0.15, 0.2) is 0 Å². The summed E-state index contributed by atoms with van der Waals surface area (Å²) in [6.07, 6.45) is 6.32. The van der Waals surface area contributed by atoms with Crippen molar-refractivity contribution < 1.29 is 24.2 Å². The highest BCUT2D eigenvalue weighted by atomic mass is 16.5. The van der Waals surface area contributed by atoms with E-state index in [0.29, 0.717) is 0 Å². The van der Waals surface area contributed by atoms with E-state index in [1.165, 1.54) is 12.8 Å². The molecule has 1 saturated carbocycles. The lowest BCUT2D eigenvalue weighted by Crippen LogP contribution is -2.46. The van der Waals surface area contributed by atoms with Crippen molar-refractivity contribution in [3.05, 3.63) is 0 Å². The zero-order valence-electron chi connectivity index (χ0n) is 15.5. The first-order chi connectivity index (χ1) is 11.2. The molecule has 0 aromatic rings. The second-order valence-electron chi connectivity index (χ2n) is 7.54. The molecule has 24 heavy (non-hydrogen) atoms. The molecule has 0 aromatic heterocycles. The summed E-state index contributed by atoms with van der Waals surface area (Å²) >= 11 is 0. The van der Waals surface area contributed by atoms with E-state index in [1.807, 2.05) is 20.8 Å². The second kappa shape index (κ2) is 9.99. The van der Waals surface area contributed by atoms with Crippen LogP contribution in [0.25, 0.3) is 0 Å².